The molecule has 112 valence electrons. The topological polar surface area (TPSA) is 83.5 Å². The average Bonchev–Trinajstić information content (AvgIpc) is 3.05. The molecule has 0 unspecified atom stereocenters. The van der Waals surface area contributed by atoms with Crippen molar-refractivity contribution in [2.75, 3.05) is 18.8 Å². The minimum Gasteiger partial charge on any atom is -0.338 e. The van der Waals surface area contributed by atoms with Crippen LogP contribution in [0.5, 0.6) is 0 Å². The number of piperidine rings is 1. The predicted octanol–water partition coefficient (Wildman–Crippen LogP) is 1.15. The van der Waals surface area contributed by atoms with Crippen LogP contribution in [0, 0.1) is 6.92 Å². The number of hydrogen-bond acceptors (Lipinski definition) is 7. The molecule has 1 aromatic heterocycles. The maximum Gasteiger partial charge on any atom is 0.289 e. The van der Waals surface area contributed by atoms with E-state index in [1.165, 1.54) is 4.90 Å². The van der Waals surface area contributed by atoms with Gasteiger partial charge in [-0.3, -0.25) is 19.3 Å². The molecule has 3 heterocycles. The fourth-order valence-electron chi connectivity index (χ4n) is 2.62. The molecular weight excluding hydrogens is 312 g/mol. The fourth-order valence-corrected chi connectivity index (χ4v) is 4.02. The summed E-state index contributed by atoms with van der Waals surface area (Å²) in [6.45, 7) is 2.85. The predicted molar refractivity (Wildman–Crippen MR) is 78.3 cm³/mol. The van der Waals surface area contributed by atoms with E-state index < -0.39 is 0 Å². The lowest BCUT2D eigenvalue weighted by molar-refractivity contribution is -0.126. The summed E-state index contributed by atoms with van der Waals surface area (Å²) in [4.78, 5) is 39.4. The summed E-state index contributed by atoms with van der Waals surface area (Å²) in [5.41, 5.74) is 0.647. The molecule has 21 heavy (non-hydrogen) atoms. The van der Waals surface area contributed by atoms with Gasteiger partial charge in [-0.25, -0.2) is 0 Å². The van der Waals surface area contributed by atoms with Crippen molar-refractivity contribution in [1.82, 2.24) is 19.4 Å². The van der Waals surface area contributed by atoms with Gasteiger partial charge >= 0.3 is 0 Å². The number of carbonyl (C=O) groups is 3. The number of rotatable bonds is 2. The molecule has 3 rings (SSSR count). The highest BCUT2D eigenvalue weighted by molar-refractivity contribution is 8.14. The molecule has 2 fully saturated rings. The average molecular weight is 326 g/mol. The Labute approximate surface area is 129 Å². The molecule has 7 nitrogen and oxygen atoms in total. The molecule has 0 aliphatic carbocycles. The number of thioether (sulfide) groups is 1. The number of likely N-dealkylation sites (tertiary alicyclic amines) is 1. The second-order valence-corrected chi connectivity index (χ2v) is 6.71. The number of carbonyl (C=O) groups excluding carboxylic acids is 3. The van der Waals surface area contributed by atoms with Gasteiger partial charge in [0, 0.05) is 19.1 Å². The van der Waals surface area contributed by atoms with E-state index in [2.05, 4.69) is 9.59 Å². The summed E-state index contributed by atoms with van der Waals surface area (Å²) >= 11 is 2.16. The van der Waals surface area contributed by atoms with Crippen molar-refractivity contribution in [3.05, 3.63) is 10.6 Å². The first-order valence-corrected chi connectivity index (χ1v) is 8.41. The molecule has 1 aromatic rings. The normalized spacial score (nSPS) is 20.4. The highest BCUT2D eigenvalue weighted by Crippen LogP contribution is 2.27. The quantitative estimate of drug-likeness (QED) is 0.810. The van der Waals surface area contributed by atoms with Crippen LogP contribution in [0.1, 0.15) is 28.2 Å². The summed E-state index contributed by atoms with van der Waals surface area (Å²) < 4.78 is 3.78. The van der Waals surface area contributed by atoms with Crippen molar-refractivity contribution in [2.24, 2.45) is 0 Å². The second-order valence-electron chi connectivity index (χ2n) is 5.03. The van der Waals surface area contributed by atoms with E-state index in [0.29, 0.717) is 36.5 Å². The van der Waals surface area contributed by atoms with Gasteiger partial charge in [-0.2, -0.15) is 0 Å². The van der Waals surface area contributed by atoms with Crippen LogP contribution in [-0.2, 0) is 4.79 Å². The summed E-state index contributed by atoms with van der Waals surface area (Å²) in [6, 6.07) is -0.0790. The maximum atomic E-state index is 12.3. The number of hydrogen-bond donors (Lipinski definition) is 0. The third-order valence-corrected chi connectivity index (χ3v) is 5.40. The van der Waals surface area contributed by atoms with E-state index in [0.717, 1.165) is 23.3 Å². The minimum atomic E-state index is -0.160. The first-order valence-electron chi connectivity index (χ1n) is 6.65. The minimum absolute atomic E-state index is 0.0607. The van der Waals surface area contributed by atoms with E-state index in [1.807, 2.05) is 0 Å². The van der Waals surface area contributed by atoms with E-state index in [-0.39, 0.29) is 28.8 Å². The van der Waals surface area contributed by atoms with Gasteiger partial charge < -0.3 is 4.90 Å². The Hall–Kier alpha value is -1.48. The van der Waals surface area contributed by atoms with E-state index >= 15 is 0 Å². The zero-order chi connectivity index (χ0) is 15.0. The van der Waals surface area contributed by atoms with Gasteiger partial charge in [-0.15, -0.1) is 5.10 Å². The smallest absolute Gasteiger partial charge is 0.289 e. The Morgan fingerprint density at radius 1 is 1.29 bits per heavy atom. The summed E-state index contributed by atoms with van der Waals surface area (Å²) in [5, 5.41) is 3.69. The molecule has 2 saturated heterocycles. The number of imide groups is 1. The Kier molecular flexibility index (Phi) is 3.94. The lowest BCUT2D eigenvalue weighted by Crippen LogP contribution is -2.48. The van der Waals surface area contributed by atoms with Crippen LogP contribution in [0.2, 0.25) is 0 Å². The molecule has 0 bridgehead atoms. The van der Waals surface area contributed by atoms with Gasteiger partial charge in [-0.05, 0) is 31.3 Å². The van der Waals surface area contributed by atoms with Gasteiger partial charge in [0.25, 0.3) is 11.1 Å². The summed E-state index contributed by atoms with van der Waals surface area (Å²) in [7, 11) is 0. The van der Waals surface area contributed by atoms with Crippen LogP contribution >= 0.6 is 23.3 Å². The number of aromatic nitrogens is 2. The van der Waals surface area contributed by atoms with Crippen LogP contribution in [0.25, 0.3) is 0 Å². The lowest BCUT2D eigenvalue weighted by atomic mass is 10.0. The van der Waals surface area contributed by atoms with Crippen molar-refractivity contribution in [1.29, 1.82) is 0 Å². The molecule has 0 spiro atoms. The third-order valence-electron chi connectivity index (χ3n) is 3.75. The summed E-state index contributed by atoms with van der Waals surface area (Å²) in [6.07, 6.45) is 1.27. The Balaban J connectivity index is 1.63. The maximum absolute atomic E-state index is 12.3. The van der Waals surface area contributed by atoms with E-state index in [9.17, 15) is 14.4 Å². The van der Waals surface area contributed by atoms with Gasteiger partial charge in [-0.1, -0.05) is 16.3 Å². The van der Waals surface area contributed by atoms with Crippen LogP contribution in [0.4, 0.5) is 4.79 Å². The molecular formula is C12H14N4O3S2. The van der Waals surface area contributed by atoms with Crippen molar-refractivity contribution in [2.45, 2.75) is 25.8 Å². The van der Waals surface area contributed by atoms with Crippen LogP contribution in [-0.4, -0.2) is 61.3 Å². The number of aryl methyl sites for hydroxylation is 1. The standard InChI is InChI=1S/C12H14N4O3S2/c1-7-10(21-14-13-7)11(18)15-4-2-8(3-5-15)16-9(17)6-20-12(16)19/h8H,2-6H2,1H3. The first kappa shape index (κ1) is 14.5. The van der Waals surface area contributed by atoms with E-state index in [1.54, 1.807) is 11.8 Å². The zero-order valence-corrected chi connectivity index (χ0v) is 13.1. The van der Waals surface area contributed by atoms with Crippen LogP contribution in [0.3, 0.4) is 0 Å². The SMILES string of the molecule is Cc1nnsc1C(=O)N1CCC(N2C(=O)CSC2=O)CC1. The molecule has 0 N–H and O–H groups in total. The number of nitrogens with zero attached hydrogens (tertiary/aromatic N) is 4. The Morgan fingerprint density at radius 3 is 2.52 bits per heavy atom. The van der Waals surface area contributed by atoms with Crippen LogP contribution < -0.4 is 0 Å². The van der Waals surface area contributed by atoms with Crippen molar-refractivity contribution in [3.63, 3.8) is 0 Å². The van der Waals surface area contributed by atoms with E-state index in [4.69, 9.17) is 0 Å². The lowest BCUT2D eigenvalue weighted by Gasteiger charge is -2.35. The first-order chi connectivity index (χ1) is 10.1. The molecule has 0 atom stereocenters. The molecule has 2 aliphatic heterocycles. The van der Waals surface area contributed by atoms with Gasteiger partial charge in [0.05, 0.1) is 11.4 Å². The fraction of sp³-hybridized carbons (Fsp3) is 0.583. The highest BCUT2D eigenvalue weighted by atomic mass is 32.2. The molecule has 0 aromatic carbocycles. The largest absolute Gasteiger partial charge is 0.338 e. The van der Waals surface area contributed by atoms with Crippen molar-refractivity contribution in [3.8, 4) is 0 Å². The molecule has 0 radical (unpaired) electrons. The van der Waals surface area contributed by atoms with Gasteiger partial charge in [0.15, 0.2) is 0 Å². The van der Waals surface area contributed by atoms with Gasteiger partial charge in [0.2, 0.25) is 5.91 Å². The Bertz CT molecular complexity index is 579. The monoisotopic (exact) mass is 326 g/mol. The third kappa shape index (κ3) is 2.67. The van der Waals surface area contributed by atoms with Crippen molar-refractivity contribution < 1.29 is 14.4 Å². The van der Waals surface area contributed by atoms with Crippen molar-refractivity contribution >= 4 is 40.3 Å². The molecule has 3 amide bonds. The Morgan fingerprint density at radius 2 is 2.00 bits per heavy atom. The molecule has 2 aliphatic rings. The summed E-state index contributed by atoms with van der Waals surface area (Å²) in [5.74, 6) is 0.0654. The number of amides is 3. The molecule has 9 heteroatoms. The van der Waals surface area contributed by atoms with Crippen LogP contribution in [0.15, 0.2) is 0 Å². The molecule has 0 saturated carbocycles. The highest BCUT2D eigenvalue weighted by Gasteiger charge is 2.38. The van der Waals surface area contributed by atoms with Gasteiger partial charge in [0.1, 0.15) is 4.88 Å². The zero-order valence-electron chi connectivity index (χ0n) is 11.4. The second kappa shape index (κ2) is 5.72.